The van der Waals surface area contributed by atoms with Crippen molar-refractivity contribution in [3.05, 3.63) is 54.1 Å². The number of rotatable bonds is 5. The summed E-state index contributed by atoms with van der Waals surface area (Å²) in [5.41, 5.74) is 0.972. The summed E-state index contributed by atoms with van der Waals surface area (Å²) in [6, 6.07) is 12.6. The number of benzene rings is 2. The molecule has 0 aliphatic heterocycles. The number of ether oxygens (including phenoxy) is 1. The van der Waals surface area contributed by atoms with Gasteiger partial charge in [0.05, 0.1) is 17.7 Å². The summed E-state index contributed by atoms with van der Waals surface area (Å²) < 4.78 is 31.6. The van der Waals surface area contributed by atoms with E-state index in [9.17, 15) is 13.2 Å². The van der Waals surface area contributed by atoms with Gasteiger partial charge >= 0.3 is 0 Å². The number of methoxy groups -OCH3 is 1. The molecule has 0 spiro atoms. The molecular formula is C17H20N2O4S. The Hall–Kier alpha value is -2.54. The first-order chi connectivity index (χ1) is 11.3. The molecule has 0 heterocycles. The molecule has 24 heavy (non-hydrogen) atoms. The van der Waals surface area contributed by atoms with E-state index < -0.39 is 10.0 Å². The van der Waals surface area contributed by atoms with E-state index in [1.165, 1.54) is 35.5 Å². The van der Waals surface area contributed by atoms with Crippen molar-refractivity contribution < 1.29 is 17.9 Å². The van der Waals surface area contributed by atoms with Gasteiger partial charge in [-0.05, 0) is 48.5 Å². The van der Waals surface area contributed by atoms with Gasteiger partial charge in [0.1, 0.15) is 5.75 Å². The van der Waals surface area contributed by atoms with Gasteiger partial charge in [-0.1, -0.05) is 0 Å². The molecule has 128 valence electrons. The third-order valence-electron chi connectivity index (χ3n) is 3.60. The Bertz CT molecular complexity index is 813. The van der Waals surface area contributed by atoms with Gasteiger partial charge in [-0.2, -0.15) is 0 Å². The standard InChI is InChI=1S/C17H20N2O4S/c1-18(2)17(20)13-5-7-14(8-6-13)19(3)24(21,22)16-11-9-15(23-4)10-12-16/h5-12H,1-4H3. The zero-order valence-electron chi connectivity index (χ0n) is 14.1. The van der Waals surface area contributed by atoms with Crippen LogP contribution >= 0.6 is 0 Å². The van der Waals surface area contributed by atoms with Crippen molar-refractivity contribution in [2.24, 2.45) is 0 Å². The number of nitrogens with zero attached hydrogens (tertiary/aromatic N) is 2. The third kappa shape index (κ3) is 3.51. The Balaban J connectivity index is 2.29. The zero-order chi connectivity index (χ0) is 17.9. The molecule has 0 saturated carbocycles. The predicted molar refractivity (Wildman–Crippen MR) is 93.0 cm³/mol. The topological polar surface area (TPSA) is 66.9 Å². The van der Waals surface area contributed by atoms with Crippen molar-refractivity contribution in [2.45, 2.75) is 4.90 Å². The van der Waals surface area contributed by atoms with Crippen LogP contribution in [0.5, 0.6) is 5.75 Å². The third-order valence-corrected chi connectivity index (χ3v) is 5.40. The maximum absolute atomic E-state index is 12.7. The van der Waals surface area contributed by atoms with Gasteiger partial charge in [-0.25, -0.2) is 8.42 Å². The van der Waals surface area contributed by atoms with Crippen LogP contribution in [0, 0.1) is 0 Å². The molecule has 0 N–H and O–H groups in total. The van der Waals surface area contributed by atoms with E-state index in [-0.39, 0.29) is 10.8 Å². The van der Waals surface area contributed by atoms with Crippen molar-refractivity contribution in [1.29, 1.82) is 0 Å². The fourth-order valence-electron chi connectivity index (χ4n) is 2.12. The molecule has 0 atom stereocenters. The Morgan fingerprint density at radius 1 is 0.917 bits per heavy atom. The highest BCUT2D eigenvalue weighted by Crippen LogP contribution is 2.24. The first kappa shape index (κ1) is 17.8. The lowest BCUT2D eigenvalue weighted by molar-refractivity contribution is 0.0827. The minimum absolute atomic E-state index is 0.137. The van der Waals surface area contributed by atoms with Crippen LogP contribution in [0.4, 0.5) is 5.69 Å². The maximum atomic E-state index is 12.7. The number of carbonyl (C=O) groups excluding carboxylic acids is 1. The number of amides is 1. The van der Waals surface area contributed by atoms with Crippen molar-refractivity contribution >= 4 is 21.6 Å². The van der Waals surface area contributed by atoms with E-state index in [1.807, 2.05) is 0 Å². The Labute approximate surface area is 142 Å². The van der Waals surface area contributed by atoms with Crippen molar-refractivity contribution in [1.82, 2.24) is 4.90 Å². The molecular weight excluding hydrogens is 328 g/mol. The molecule has 0 aliphatic rings. The second-order valence-electron chi connectivity index (χ2n) is 5.39. The minimum atomic E-state index is -3.68. The molecule has 0 aromatic heterocycles. The lowest BCUT2D eigenvalue weighted by Gasteiger charge is -2.20. The number of sulfonamides is 1. The van der Waals surface area contributed by atoms with E-state index in [0.717, 1.165) is 0 Å². The van der Waals surface area contributed by atoms with Gasteiger partial charge in [0, 0.05) is 26.7 Å². The van der Waals surface area contributed by atoms with E-state index in [1.54, 1.807) is 50.5 Å². The first-order valence-corrected chi connectivity index (χ1v) is 8.66. The monoisotopic (exact) mass is 348 g/mol. The molecule has 0 fully saturated rings. The van der Waals surface area contributed by atoms with Crippen LogP contribution in [-0.2, 0) is 10.0 Å². The molecule has 0 unspecified atom stereocenters. The molecule has 1 amide bonds. The van der Waals surface area contributed by atoms with E-state index in [2.05, 4.69) is 0 Å². The van der Waals surface area contributed by atoms with Gasteiger partial charge in [-0.15, -0.1) is 0 Å². The molecule has 0 bridgehead atoms. The van der Waals surface area contributed by atoms with Gasteiger partial charge in [0.25, 0.3) is 15.9 Å². The van der Waals surface area contributed by atoms with Crippen LogP contribution in [0.1, 0.15) is 10.4 Å². The lowest BCUT2D eigenvalue weighted by atomic mass is 10.2. The molecule has 2 rings (SSSR count). The smallest absolute Gasteiger partial charge is 0.264 e. The maximum Gasteiger partial charge on any atom is 0.264 e. The highest BCUT2D eigenvalue weighted by molar-refractivity contribution is 7.92. The second-order valence-corrected chi connectivity index (χ2v) is 7.36. The highest BCUT2D eigenvalue weighted by Gasteiger charge is 2.21. The van der Waals surface area contributed by atoms with Crippen molar-refractivity contribution in [3.8, 4) is 5.75 Å². The fraction of sp³-hybridized carbons (Fsp3) is 0.235. The molecule has 7 heteroatoms. The number of hydrogen-bond donors (Lipinski definition) is 0. The summed E-state index contributed by atoms with van der Waals surface area (Å²) in [4.78, 5) is 13.5. The first-order valence-electron chi connectivity index (χ1n) is 7.22. The Morgan fingerprint density at radius 2 is 1.46 bits per heavy atom. The summed E-state index contributed by atoms with van der Waals surface area (Å²) >= 11 is 0. The molecule has 0 radical (unpaired) electrons. The van der Waals surface area contributed by atoms with Crippen LogP contribution in [0.25, 0.3) is 0 Å². The van der Waals surface area contributed by atoms with Gasteiger partial charge in [0.15, 0.2) is 0 Å². The van der Waals surface area contributed by atoms with E-state index in [4.69, 9.17) is 4.74 Å². The molecule has 6 nitrogen and oxygen atoms in total. The molecule has 0 saturated heterocycles. The van der Waals surface area contributed by atoms with Crippen molar-refractivity contribution in [3.63, 3.8) is 0 Å². The Morgan fingerprint density at radius 3 is 1.92 bits per heavy atom. The molecule has 2 aromatic rings. The zero-order valence-corrected chi connectivity index (χ0v) is 14.9. The fourth-order valence-corrected chi connectivity index (χ4v) is 3.31. The van der Waals surface area contributed by atoms with E-state index in [0.29, 0.717) is 17.0 Å². The summed E-state index contributed by atoms with van der Waals surface area (Å²) in [5.74, 6) is 0.449. The summed E-state index contributed by atoms with van der Waals surface area (Å²) in [6.45, 7) is 0. The van der Waals surface area contributed by atoms with Crippen LogP contribution in [-0.4, -0.2) is 47.5 Å². The number of anilines is 1. The lowest BCUT2D eigenvalue weighted by Crippen LogP contribution is -2.26. The summed E-state index contributed by atoms with van der Waals surface area (Å²) in [7, 11) is 2.64. The second kappa shape index (κ2) is 6.92. The van der Waals surface area contributed by atoms with Crippen LogP contribution < -0.4 is 9.04 Å². The quantitative estimate of drug-likeness (QED) is 0.831. The van der Waals surface area contributed by atoms with Gasteiger partial charge in [-0.3, -0.25) is 9.10 Å². The molecule has 0 aliphatic carbocycles. The SMILES string of the molecule is COc1ccc(S(=O)(=O)N(C)c2ccc(C(=O)N(C)C)cc2)cc1. The van der Waals surface area contributed by atoms with Gasteiger partial charge in [0.2, 0.25) is 0 Å². The number of hydrogen-bond acceptors (Lipinski definition) is 4. The highest BCUT2D eigenvalue weighted by atomic mass is 32.2. The average Bonchev–Trinajstić information content (AvgIpc) is 2.60. The largest absolute Gasteiger partial charge is 0.497 e. The van der Waals surface area contributed by atoms with Crippen LogP contribution in [0.3, 0.4) is 0 Å². The number of carbonyl (C=O) groups is 1. The van der Waals surface area contributed by atoms with Crippen LogP contribution in [0.2, 0.25) is 0 Å². The van der Waals surface area contributed by atoms with Crippen LogP contribution in [0.15, 0.2) is 53.4 Å². The minimum Gasteiger partial charge on any atom is -0.497 e. The van der Waals surface area contributed by atoms with Gasteiger partial charge < -0.3 is 9.64 Å². The predicted octanol–water partition coefficient (Wildman–Crippen LogP) is 2.22. The molecule has 2 aromatic carbocycles. The van der Waals surface area contributed by atoms with E-state index >= 15 is 0 Å². The Kier molecular flexibility index (Phi) is 5.14. The summed E-state index contributed by atoms with van der Waals surface area (Å²) in [5, 5.41) is 0. The normalized spacial score (nSPS) is 11.0. The average molecular weight is 348 g/mol. The van der Waals surface area contributed by atoms with Crippen molar-refractivity contribution in [2.75, 3.05) is 32.6 Å². The summed E-state index contributed by atoms with van der Waals surface area (Å²) in [6.07, 6.45) is 0.